The molecular weight excluding hydrogens is 174 g/mol. The minimum Gasteiger partial charge on any atom is -0.380 e. The van der Waals surface area contributed by atoms with Crippen molar-refractivity contribution in [3.63, 3.8) is 0 Å². The topological polar surface area (TPSA) is 29.9 Å². The summed E-state index contributed by atoms with van der Waals surface area (Å²) in [5.41, 5.74) is 1.16. The molecule has 1 aromatic heterocycles. The zero-order chi connectivity index (χ0) is 9.97. The van der Waals surface area contributed by atoms with Crippen molar-refractivity contribution in [3.8, 4) is 0 Å². The second-order valence-electron chi connectivity index (χ2n) is 4.42. The lowest BCUT2D eigenvalue weighted by Crippen LogP contribution is -2.30. The molecule has 1 aromatic rings. The summed E-state index contributed by atoms with van der Waals surface area (Å²) in [6, 6.07) is 0.646. The molecule has 0 unspecified atom stereocenters. The van der Waals surface area contributed by atoms with Crippen LogP contribution < -0.4 is 5.32 Å². The summed E-state index contributed by atoms with van der Waals surface area (Å²) < 4.78 is 1.84. The predicted molar refractivity (Wildman–Crippen MR) is 58.3 cm³/mol. The Morgan fingerprint density at radius 2 is 2.21 bits per heavy atom. The lowest BCUT2D eigenvalue weighted by atomic mass is 9.86. The van der Waals surface area contributed by atoms with E-state index in [1.54, 1.807) is 0 Å². The molecule has 0 aliphatic heterocycles. The van der Waals surface area contributed by atoms with E-state index in [-0.39, 0.29) is 0 Å². The predicted octanol–water partition coefficient (Wildman–Crippen LogP) is 2.41. The summed E-state index contributed by atoms with van der Waals surface area (Å²) in [6.45, 7) is 2.34. The number of rotatable bonds is 2. The number of hydrogen-bond donors (Lipinski definition) is 1. The van der Waals surface area contributed by atoms with E-state index in [0.717, 1.165) is 11.6 Å². The van der Waals surface area contributed by atoms with Crippen LogP contribution in [0, 0.1) is 5.92 Å². The Labute approximate surface area is 85.5 Å². The van der Waals surface area contributed by atoms with Crippen molar-refractivity contribution in [2.75, 3.05) is 5.32 Å². The highest BCUT2D eigenvalue weighted by atomic mass is 15.3. The molecule has 0 spiro atoms. The number of hydrogen-bond acceptors (Lipinski definition) is 2. The van der Waals surface area contributed by atoms with Crippen molar-refractivity contribution >= 4 is 5.69 Å². The SMILES string of the molecule is C[C@H]1CCCC[C@@H]1Nc1cnn(C)c1. The van der Waals surface area contributed by atoms with Gasteiger partial charge in [0.1, 0.15) is 0 Å². The third-order valence-corrected chi connectivity index (χ3v) is 3.17. The molecule has 3 heteroatoms. The molecule has 78 valence electrons. The van der Waals surface area contributed by atoms with Crippen LogP contribution in [0.15, 0.2) is 12.4 Å². The van der Waals surface area contributed by atoms with Crippen molar-refractivity contribution < 1.29 is 0 Å². The van der Waals surface area contributed by atoms with Crippen LogP contribution in [-0.2, 0) is 7.05 Å². The van der Waals surface area contributed by atoms with Crippen molar-refractivity contribution in [2.24, 2.45) is 13.0 Å². The van der Waals surface area contributed by atoms with Gasteiger partial charge in [0.15, 0.2) is 0 Å². The van der Waals surface area contributed by atoms with E-state index in [1.807, 2.05) is 24.1 Å². The number of anilines is 1. The van der Waals surface area contributed by atoms with Crippen molar-refractivity contribution in [1.29, 1.82) is 0 Å². The van der Waals surface area contributed by atoms with E-state index in [0.29, 0.717) is 6.04 Å². The van der Waals surface area contributed by atoms with Gasteiger partial charge in [0.25, 0.3) is 0 Å². The van der Waals surface area contributed by atoms with Gasteiger partial charge in [-0.1, -0.05) is 19.8 Å². The molecule has 2 atom stereocenters. The molecule has 0 saturated heterocycles. The Morgan fingerprint density at radius 1 is 1.43 bits per heavy atom. The lowest BCUT2D eigenvalue weighted by molar-refractivity contribution is 0.349. The molecule has 0 aromatic carbocycles. The van der Waals surface area contributed by atoms with Crippen LogP contribution in [0.4, 0.5) is 5.69 Å². The van der Waals surface area contributed by atoms with Gasteiger partial charge in [-0.3, -0.25) is 4.68 Å². The van der Waals surface area contributed by atoms with Gasteiger partial charge in [0, 0.05) is 19.3 Å². The number of aromatic nitrogens is 2. The first kappa shape index (κ1) is 9.56. The highest BCUT2D eigenvalue weighted by Gasteiger charge is 2.20. The third kappa shape index (κ3) is 2.08. The first-order chi connectivity index (χ1) is 6.75. The van der Waals surface area contributed by atoms with Crippen molar-refractivity contribution in [2.45, 2.75) is 38.6 Å². The Bertz CT molecular complexity index is 292. The largest absolute Gasteiger partial charge is 0.380 e. The molecule has 1 aliphatic rings. The Balaban J connectivity index is 1.95. The molecule has 14 heavy (non-hydrogen) atoms. The van der Waals surface area contributed by atoms with Crippen LogP contribution in [0.2, 0.25) is 0 Å². The summed E-state index contributed by atoms with van der Waals surface area (Å²) in [7, 11) is 1.95. The second kappa shape index (κ2) is 4.03. The quantitative estimate of drug-likeness (QED) is 0.781. The Morgan fingerprint density at radius 3 is 2.86 bits per heavy atom. The maximum Gasteiger partial charge on any atom is 0.0728 e. The molecule has 0 radical (unpaired) electrons. The van der Waals surface area contributed by atoms with Crippen LogP contribution in [0.5, 0.6) is 0 Å². The smallest absolute Gasteiger partial charge is 0.0728 e. The van der Waals surface area contributed by atoms with E-state index >= 15 is 0 Å². The summed E-state index contributed by atoms with van der Waals surface area (Å²) in [4.78, 5) is 0. The molecule has 1 N–H and O–H groups in total. The molecule has 1 heterocycles. The van der Waals surface area contributed by atoms with Crippen LogP contribution >= 0.6 is 0 Å². The summed E-state index contributed by atoms with van der Waals surface area (Å²) in [5.74, 6) is 0.795. The average molecular weight is 193 g/mol. The number of aryl methyl sites for hydroxylation is 1. The molecule has 3 nitrogen and oxygen atoms in total. The molecule has 1 saturated carbocycles. The van der Waals surface area contributed by atoms with E-state index in [2.05, 4.69) is 17.3 Å². The number of nitrogens with one attached hydrogen (secondary N) is 1. The molecular formula is C11H19N3. The maximum absolute atomic E-state index is 4.16. The van der Waals surface area contributed by atoms with Gasteiger partial charge < -0.3 is 5.32 Å². The van der Waals surface area contributed by atoms with Crippen LogP contribution in [0.1, 0.15) is 32.6 Å². The highest BCUT2D eigenvalue weighted by molar-refractivity contribution is 5.39. The Kier molecular flexibility index (Phi) is 2.75. The zero-order valence-corrected chi connectivity index (χ0v) is 9.03. The molecule has 1 fully saturated rings. The van der Waals surface area contributed by atoms with Crippen LogP contribution in [0.25, 0.3) is 0 Å². The fourth-order valence-corrected chi connectivity index (χ4v) is 2.24. The second-order valence-corrected chi connectivity index (χ2v) is 4.42. The fourth-order valence-electron chi connectivity index (χ4n) is 2.24. The minimum atomic E-state index is 0.646. The van der Waals surface area contributed by atoms with E-state index in [4.69, 9.17) is 0 Å². The van der Waals surface area contributed by atoms with Gasteiger partial charge in [0.2, 0.25) is 0 Å². The van der Waals surface area contributed by atoms with Crippen molar-refractivity contribution in [3.05, 3.63) is 12.4 Å². The Hall–Kier alpha value is -0.990. The van der Waals surface area contributed by atoms with E-state index in [9.17, 15) is 0 Å². The average Bonchev–Trinajstić information content (AvgIpc) is 2.56. The standard InChI is InChI=1S/C11H19N3/c1-9-5-3-4-6-11(9)13-10-7-12-14(2)8-10/h7-9,11,13H,3-6H2,1-2H3/t9-,11-/m0/s1. The van der Waals surface area contributed by atoms with Crippen LogP contribution in [0.3, 0.4) is 0 Å². The fraction of sp³-hybridized carbons (Fsp3) is 0.727. The van der Waals surface area contributed by atoms with Gasteiger partial charge >= 0.3 is 0 Å². The van der Waals surface area contributed by atoms with Crippen LogP contribution in [-0.4, -0.2) is 15.8 Å². The monoisotopic (exact) mass is 193 g/mol. The number of nitrogens with zero attached hydrogens (tertiary/aromatic N) is 2. The van der Waals surface area contributed by atoms with E-state index < -0.39 is 0 Å². The lowest BCUT2D eigenvalue weighted by Gasteiger charge is -2.29. The zero-order valence-electron chi connectivity index (χ0n) is 9.03. The summed E-state index contributed by atoms with van der Waals surface area (Å²) in [6.07, 6.45) is 9.37. The maximum atomic E-state index is 4.16. The molecule has 0 bridgehead atoms. The third-order valence-electron chi connectivity index (χ3n) is 3.17. The first-order valence-electron chi connectivity index (χ1n) is 5.51. The molecule has 2 rings (SSSR count). The van der Waals surface area contributed by atoms with Gasteiger partial charge in [-0.05, 0) is 18.8 Å². The van der Waals surface area contributed by atoms with Gasteiger partial charge in [-0.15, -0.1) is 0 Å². The van der Waals surface area contributed by atoms with Gasteiger partial charge in [-0.2, -0.15) is 5.10 Å². The van der Waals surface area contributed by atoms with Gasteiger partial charge in [-0.25, -0.2) is 0 Å². The van der Waals surface area contributed by atoms with Gasteiger partial charge in [0.05, 0.1) is 11.9 Å². The summed E-state index contributed by atoms with van der Waals surface area (Å²) >= 11 is 0. The molecule has 0 amide bonds. The first-order valence-corrected chi connectivity index (χ1v) is 5.51. The minimum absolute atomic E-state index is 0.646. The summed E-state index contributed by atoms with van der Waals surface area (Å²) in [5, 5.41) is 7.73. The van der Waals surface area contributed by atoms with Crippen molar-refractivity contribution in [1.82, 2.24) is 9.78 Å². The van der Waals surface area contributed by atoms with E-state index in [1.165, 1.54) is 25.7 Å². The molecule has 1 aliphatic carbocycles. The highest BCUT2D eigenvalue weighted by Crippen LogP contribution is 2.26. The normalized spacial score (nSPS) is 27.6.